The van der Waals surface area contributed by atoms with Crippen LogP contribution in [0.1, 0.15) is 34.9 Å². The number of fused-ring (bicyclic) bond motifs is 1. The molecule has 18 heteroatoms. The molecule has 6 rings (SSSR count). The summed E-state index contributed by atoms with van der Waals surface area (Å²) in [4.78, 5) is 91.1. The quantitative estimate of drug-likeness (QED) is 0.0454. The smallest absolute Gasteiger partial charge is 0.408 e. The number of aromatic nitrogens is 3. The van der Waals surface area contributed by atoms with Crippen LogP contribution in [0.2, 0.25) is 0 Å². The maximum absolute atomic E-state index is 14.3. The van der Waals surface area contributed by atoms with Gasteiger partial charge in [-0.2, -0.15) is 12.6 Å². The summed E-state index contributed by atoms with van der Waals surface area (Å²) in [5, 5.41) is 14.1. The van der Waals surface area contributed by atoms with Gasteiger partial charge in [-0.25, -0.2) is 9.78 Å². The minimum absolute atomic E-state index is 0.0164. The van der Waals surface area contributed by atoms with Crippen LogP contribution in [0.25, 0.3) is 10.9 Å². The molecule has 0 saturated heterocycles. The van der Waals surface area contributed by atoms with Crippen molar-refractivity contribution in [2.24, 2.45) is 5.73 Å². The van der Waals surface area contributed by atoms with Crippen molar-refractivity contribution in [2.75, 3.05) is 5.75 Å². The monoisotopic (exact) mass is 901 g/mol. The minimum atomic E-state index is -1.31. The van der Waals surface area contributed by atoms with E-state index in [1.807, 2.05) is 60.7 Å². The van der Waals surface area contributed by atoms with Gasteiger partial charge in [0, 0.05) is 54.0 Å². The highest BCUT2D eigenvalue weighted by Gasteiger charge is 2.32. The Morgan fingerprint density at radius 2 is 1.20 bits per heavy atom. The van der Waals surface area contributed by atoms with Gasteiger partial charge in [0.15, 0.2) is 0 Å². The lowest BCUT2D eigenvalue weighted by Crippen LogP contribution is -2.60. The number of hydrogen-bond acceptors (Lipinski definition) is 10. The second kappa shape index (κ2) is 23.2. The van der Waals surface area contributed by atoms with E-state index < -0.39 is 65.8 Å². The van der Waals surface area contributed by atoms with Crippen molar-refractivity contribution in [2.45, 2.75) is 69.6 Å². The number of primary amides is 1. The molecule has 0 radical (unpaired) electrons. The van der Waals surface area contributed by atoms with E-state index in [9.17, 15) is 28.8 Å². The van der Waals surface area contributed by atoms with Gasteiger partial charge in [0.2, 0.25) is 29.5 Å². The highest BCUT2D eigenvalue weighted by Crippen LogP contribution is 2.20. The fourth-order valence-electron chi connectivity index (χ4n) is 6.77. The third-order valence-electron chi connectivity index (χ3n) is 10.4. The molecule has 0 aliphatic heterocycles. The molecule has 65 heavy (non-hydrogen) atoms. The van der Waals surface area contributed by atoms with E-state index in [1.54, 1.807) is 54.7 Å². The number of nitrogens with one attached hydrogen (secondary N) is 7. The van der Waals surface area contributed by atoms with Gasteiger partial charge in [-0.05, 0) is 47.4 Å². The molecular formula is C47H51N9O8S. The van der Waals surface area contributed by atoms with E-state index >= 15 is 0 Å². The molecule has 2 aromatic heterocycles. The van der Waals surface area contributed by atoms with Crippen LogP contribution in [0.3, 0.4) is 0 Å². The summed E-state index contributed by atoms with van der Waals surface area (Å²) >= 11 is 4.37. The Morgan fingerprint density at radius 3 is 1.83 bits per heavy atom. The van der Waals surface area contributed by atoms with E-state index in [-0.39, 0.29) is 31.6 Å². The first-order valence-electron chi connectivity index (χ1n) is 20.8. The molecule has 338 valence electrons. The van der Waals surface area contributed by atoms with Crippen molar-refractivity contribution in [3.8, 4) is 5.75 Å². The topological polar surface area (TPSA) is 252 Å². The molecule has 2 heterocycles. The highest BCUT2D eigenvalue weighted by molar-refractivity contribution is 7.80. The molecule has 0 bridgehead atoms. The van der Waals surface area contributed by atoms with E-state index in [4.69, 9.17) is 15.2 Å². The SMILES string of the molecule is C[C@H](NC(=O)[C@@H](Cc1c[nH]c2ccccc12)NC(=O)[C@@H](CS)NC(=O)[C@@H](Cc1ccc(OCc2ccccc2)cc1)NC(=O)[C@@H](Cc1cnc[nH]1)NC(=O)OCc1ccccc1)C(N)=O. The Morgan fingerprint density at radius 1 is 0.631 bits per heavy atom. The van der Waals surface area contributed by atoms with Gasteiger partial charge in [-0.3, -0.25) is 24.0 Å². The lowest BCUT2D eigenvalue weighted by atomic mass is 10.0. The Labute approximate surface area is 380 Å². The highest BCUT2D eigenvalue weighted by atomic mass is 32.1. The molecule has 9 N–H and O–H groups in total. The van der Waals surface area contributed by atoms with Crippen LogP contribution >= 0.6 is 12.6 Å². The zero-order valence-electron chi connectivity index (χ0n) is 35.5. The van der Waals surface area contributed by atoms with Crippen LogP contribution < -0.4 is 37.1 Å². The Bertz CT molecular complexity index is 2520. The van der Waals surface area contributed by atoms with Crippen LogP contribution in [-0.4, -0.2) is 86.5 Å². The zero-order chi connectivity index (χ0) is 46.1. The van der Waals surface area contributed by atoms with Gasteiger partial charge in [0.05, 0.1) is 6.33 Å². The number of nitrogens with two attached hydrogens (primary N) is 1. The molecule has 0 unspecified atom stereocenters. The van der Waals surface area contributed by atoms with Crippen molar-refractivity contribution in [3.05, 3.63) is 156 Å². The number of benzene rings is 4. The van der Waals surface area contributed by atoms with Gasteiger partial charge in [-0.1, -0.05) is 91.0 Å². The molecular weight excluding hydrogens is 851 g/mol. The molecule has 0 saturated carbocycles. The Hall–Kier alpha value is -7.60. The number of thiol groups is 1. The number of carbonyl (C=O) groups is 6. The molecule has 6 aromatic rings. The fourth-order valence-corrected chi connectivity index (χ4v) is 7.02. The molecule has 6 amide bonds. The number of para-hydroxylation sites is 1. The van der Waals surface area contributed by atoms with Gasteiger partial charge >= 0.3 is 6.09 Å². The van der Waals surface area contributed by atoms with Crippen LogP contribution in [0, 0.1) is 0 Å². The summed E-state index contributed by atoms with van der Waals surface area (Å²) in [7, 11) is 0. The molecule has 4 aromatic carbocycles. The first kappa shape index (κ1) is 46.9. The molecule has 0 spiro atoms. The van der Waals surface area contributed by atoms with Crippen LogP contribution in [0.4, 0.5) is 4.79 Å². The van der Waals surface area contributed by atoms with E-state index in [0.29, 0.717) is 29.2 Å². The van der Waals surface area contributed by atoms with E-state index in [2.05, 4.69) is 54.2 Å². The number of rotatable bonds is 22. The number of ether oxygens (including phenoxy) is 2. The summed E-state index contributed by atoms with van der Waals surface area (Å²) in [5.41, 5.74) is 9.80. The van der Waals surface area contributed by atoms with Crippen LogP contribution in [0.5, 0.6) is 5.75 Å². The summed E-state index contributed by atoms with van der Waals surface area (Å²) in [6, 6.07) is 26.9. The molecule has 17 nitrogen and oxygen atoms in total. The number of H-pyrrole nitrogens is 2. The molecule has 0 aliphatic carbocycles. The Balaban J connectivity index is 1.20. The molecule has 0 aliphatic rings. The average molecular weight is 902 g/mol. The summed E-state index contributed by atoms with van der Waals surface area (Å²) in [6.07, 6.45) is 3.70. The first-order valence-corrected chi connectivity index (χ1v) is 21.5. The lowest BCUT2D eigenvalue weighted by molar-refractivity contribution is -0.134. The Kier molecular flexibility index (Phi) is 16.7. The van der Waals surface area contributed by atoms with E-state index in [0.717, 1.165) is 22.0 Å². The number of amides is 6. The van der Waals surface area contributed by atoms with Gasteiger partial charge in [0.1, 0.15) is 49.2 Å². The summed E-state index contributed by atoms with van der Waals surface area (Å²) in [5.74, 6) is -3.34. The fraction of sp³-hybridized carbons (Fsp3) is 0.255. The standard InChI is InChI=1S/C47H51N9O8S/c1-29(42(48)57)52-43(58)39(21-33-23-50-37-15-9-8-14-36(33)37)54-46(61)41(27-65)55-44(59)38(20-30-16-18-35(19-17-30)63-25-31-10-4-2-5-11-31)53-45(60)40(22-34-24-49-28-51-34)56-47(62)64-26-32-12-6-3-7-13-32/h2-19,23-24,28-29,38-41,50,65H,20-22,25-27H2,1H3,(H2,48,57)(H,49,51)(H,52,58)(H,53,60)(H,54,61)(H,55,59)(H,56,62)/t29-,38+,39+,40+,41+/m0/s1. The average Bonchev–Trinajstić information content (AvgIpc) is 3.99. The molecule has 5 atom stereocenters. The van der Waals surface area contributed by atoms with Crippen LogP contribution in [-0.2, 0) is 61.2 Å². The van der Waals surface area contributed by atoms with Crippen molar-refractivity contribution in [1.82, 2.24) is 41.5 Å². The second-order valence-electron chi connectivity index (χ2n) is 15.2. The summed E-state index contributed by atoms with van der Waals surface area (Å²) < 4.78 is 11.4. The number of imidazole rings is 1. The minimum Gasteiger partial charge on any atom is -0.489 e. The summed E-state index contributed by atoms with van der Waals surface area (Å²) in [6.45, 7) is 1.70. The zero-order valence-corrected chi connectivity index (χ0v) is 36.4. The number of hydrogen-bond donors (Lipinski definition) is 9. The number of nitrogens with zero attached hydrogens (tertiary/aromatic N) is 1. The van der Waals surface area contributed by atoms with Crippen molar-refractivity contribution < 1.29 is 38.2 Å². The van der Waals surface area contributed by atoms with Crippen LogP contribution in [0.15, 0.2) is 128 Å². The maximum Gasteiger partial charge on any atom is 0.408 e. The second-order valence-corrected chi connectivity index (χ2v) is 15.6. The van der Waals surface area contributed by atoms with Crippen molar-refractivity contribution >= 4 is 59.2 Å². The number of carbonyl (C=O) groups excluding carboxylic acids is 6. The van der Waals surface area contributed by atoms with Crippen molar-refractivity contribution in [1.29, 1.82) is 0 Å². The third-order valence-corrected chi connectivity index (χ3v) is 10.7. The molecule has 0 fully saturated rings. The normalized spacial score (nSPS) is 13.3. The van der Waals surface area contributed by atoms with Gasteiger partial charge in [-0.15, -0.1) is 0 Å². The number of alkyl carbamates (subject to hydrolysis) is 1. The van der Waals surface area contributed by atoms with Gasteiger partial charge in [0.25, 0.3) is 0 Å². The van der Waals surface area contributed by atoms with E-state index in [1.165, 1.54) is 19.4 Å². The maximum atomic E-state index is 14.3. The first-order chi connectivity index (χ1) is 31.4. The predicted octanol–water partition coefficient (Wildman–Crippen LogP) is 3.17. The third kappa shape index (κ3) is 13.9. The lowest BCUT2D eigenvalue weighted by Gasteiger charge is -2.26. The number of aromatic amines is 2. The largest absolute Gasteiger partial charge is 0.489 e. The van der Waals surface area contributed by atoms with Crippen molar-refractivity contribution in [3.63, 3.8) is 0 Å². The predicted molar refractivity (Wildman–Crippen MR) is 245 cm³/mol. The van der Waals surface area contributed by atoms with Gasteiger partial charge < -0.3 is 51.8 Å².